The Labute approximate surface area is 105 Å². The second-order valence-electron chi connectivity index (χ2n) is 5.00. The third-order valence-electron chi connectivity index (χ3n) is 3.50. The Morgan fingerprint density at radius 1 is 1.50 bits per heavy atom. The predicted molar refractivity (Wildman–Crippen MR) is 68.0 cm³/mol. The van der Waals surface area contributed by atoms with E-state index in [-0.39, 0.29) is 18.4 Å². The molecule has 1 aromatic carbocycles. The van der Waals surface area contributed by atoms with E-state index in [1.54, 1.807) is 0 Å². The van der Waals surface area contributed by atoms with E-state index >= 15 is 0 Å². The van der Waals surface area contributed by atoms with E-state index in [2.05, 4.69) is 17.4 Å². The third kappa shape index (κ3) is 2.23. The second kappa shape index (κ2) is 4.44. The maximum Gasteiger partial charge on any atom is 0.226 e. The minimum atomic E-state index is 0.0217. The molecule has 1 atom stereocenters. The van der Waals surface area contributed by atoms with E-state index in [0.717, 1.165) is 11.0 Å². The molecule has 1 aromatic heterocycles. The van der Waals surface area contributed by atoms with Crippen LogP contribution in [0, 0.1) is 5.92 Å². The molecule has 0 bridgehead atoms. The summed E-state index contributed by atoms with van der Waals surface area (Å²) in [5, 5.41) is 7.91. The number of carbonyl (C=O) groups excluding carboxylic acids is 1. The van der Waals surface area contributed by atoms with Gasteiger partial charge in [0, 0.05) is 11.4 Å². The van der Waals surface area contributed by atoms with Gasteiger partial charge in [0.15, 0.2) is 5.58 Å². The van der Waals surface area contributed by atoms with Gasteiger partial charge in [-0.15, -0.1) is 0 Å². The van der Waals surface area contributed by atoms with E-state index in [1.807, 2.05) is 24.3 Å². The van der Waals surface area contributed by atoms with E-state index < -0.39 is 0 Å². The highest BCUT2D eigenvalue weighted by Crippen LogP contribution is 2.32. The molecule has 1 aliphatic rings. The molecule has 3 rings (SSSR count). The lowest BCUT2D eigenvalue weighted by molar-refractivity contribution is -0.121. The number of rotatable bonds is 4. The molecule has 1 aliphatic carbocycles. The Bertz CT molecular complexity index is 572. The SMILES string of the molecule is CC(NC(=O)Cc1noc2ccccc12)C1CC1. The van der Waals surface area contributed by atoms with Crippen molar-refractivity contribution in [3.05, 3.63) is 30.0 Å². The summed E-state index contributed by atoms with van der Waals surface area (Å²) in [5.41, 5.74) is 1.45. The average molecular weight is 244 g/mol. The number of para-hydroxylation sites is 1. The molecule has 1 heterocycles. The van der Waals surface area contributed by atoms with Crippen LogP contribution in [0.2, 0.25) is 0 Å². The summed E-state index contributed by atoms with van der Waals surface area (Å²) < 4.78 is 5.18. The van der Waals surface area contributed by atoms with Crippen molar-refractivity contribution in [2.75, 3.05) is 0 Å². The van der Waals surface area contributed by atoms with Crippen LogP contribution in [0.4, 0.5) is 0 Å². The number of hydrogen-bond acceptors (Lipinski definition) is 3. The van der Waals surface area contributed by atoms with Gasteiger partial charge in [0.25, 0.3) is 0 Å². The maximum absolute atomic E-state index is 11.9. The lowest BCUT2D eigenvalue weighted by atomic mass is 10.1. The van der Waals surface area contributed by atoms with Gasteiger partial charge in [-0.2, -0.15) is 0 Å². The van der Waals surface area contributed by atoms with Gasteiger partial charge >= 0.3 is 0 Å². The van der Waals surface area contributed by atoms with E-state index in [1.165, 1.54) is 12.8 Å². The fraction of sp³-hybridized carbons (Fsp3) is 0.429. The van der Waals surface area contributed by atoms with Crippen molar-refractivity contribution in [2.45, 2.75) is 32.2 Å². The van der Waals surface area contributed by atoms with Crippen molar-refractivity contribution in [3.8, 4) is 0 Å². The van der Waals surface area contributed by atoms with Crippen molar-refractivity contribution in [2.24, 2.45) is 5.92 Å². The number of hydrogen-bond donors (Lipinski definition) is 1. The smallest absolute Gasteiger partial charge is 0.226 e. The Morgan fingerprint density at radius 2 is 2.28 bits per heavy atom. The molecule has 0 saturated heterocycles. The molecule has 0 spiro atoms. The standard InChI is InChI=1S/C14H16N2O2/c1-9(10-6-7-10)15-14(17)8-12-11-4-2-3-5-13(11)18-16-12/h2-5,9-10H,6-8H2,1H3,(H,15,17). The Hall–Kier alpha value is -1.84. The van der Waals surface area contributed by atoms with Gasteiger partial charge in [0.1, 0.15) is 5.69 Å². The summed E-state index contributed by atoms with van der Waals surface area (Å²) >= 11 is 0. The first-order valence-electron chi connectivity index (χ1n) is 6.36. The maximum atomic E-state index is 11.9. The molecule has 2 aromatic rings. The molecule has 0 radical (unpaired) electrons. The number of nitrogens with zero attached hydrogens (tertiary/aromatic N) is 1. The minimum absolute atomic E-state index is 0.0217. The predicted octanol–water partition coefficient (Wildman–Crippen LogP) is 2.29. The molecule has 4 nitrogen and oxygen atoms in total. The van der Waals surface area contributed by atoms with Crippen molar-refractivity contribution < 1.29 is 9.32 Å². The average Bonchev–Trinajstić information content (AvgIpc) is 3.14. The summed E-state index contributed by atoms with van der Waals surface area (Å²) in [6, 6.07) is 7.88. The molecule has 1 fully saturated rings. The first-order valence-corrected chi connectivity index (χ1v) is 6.36. The zero-order valence-electron chi connectivity index (χ0n) is 10.3. The molecule has 94 valence electrons. The third-order valence-corrected chi connectivity index (χ3v) is 3.50. The zero-order chi connectivity index (χ0) is 12.5. The monoisotopic (exact) mass is 244 g/mol. The molecule has 1 amide bonds. The van der Waals surface area contributed by atoms with Gasteiger partial charge in [0.2, 0.25) is 5.91 Å². The summed E-state index contributed by atoms with van der Waals surface area (Å²) in [6.45, 7) is 2.07. The van der Waals surface area contributed by atoms with Gasteiger partial charge in [-0.05, 0) is 37.8 Å². The van der Waals surface area contributed by atoms with Crippen LogP contribution in [0.5, 0.6) is 0 Å². The molecule has 18 heavy (non-hydrogen) atoms. The van der Waals surface area contributed by atoms with Gasteiger partial charge in [0.05, 0.1) is 6.42 Å². The van der Waals surface area contributed by atoms with Crippen molar-refractivity contribution in [3.63, 3.8) is 0 Å². The highest BCUT2D eigenvalue weighted by Gasteiger charge is 2.29. The van der Waals surface area contributed by atoms with Gasteiger partial charge in [-0.3, -0.25) is 4.79 Å². The largest absolute Gasteiger partial charge is 0.356 e. The van der Waals surface area contributed by atoms with Crippen LogP contribution in [0.1, 0.15) is 25.5 Å². The summed E-state index contributed by atoms with van der Waals surface area (Å²) in [4.78, 5) is 11.9. The Morgan fingerprint density at radius 3 is 3.06 bits per heavy atom. The fourth-order valence-corrected chi connectivity index (χ4v) is 2.24. The van der Waals surface area contributed by atoms with Crippen LogP contribution in [0.15, 0.2) is 28.8 Å². The van der Waals surface area contributed by atoms with E-state index in [0.29, 0.717) is 11.6 Å². The molecular formula is C14H16N2O2. The molecule has 1 saturated carbocycles. The van der Waals surface area contributed by atoms with Crippen molar-refractivity contribution >= 4 is 16.9 Å². The Kier molecular flexibility index (Phi) is 2.78. The van der Waals surface area contributed by atoms with Crippen LogP contribution in [-0.2, 0) is 11.2 Å². The number of carbonyl (C=O) groups is 1. The minimum Gasteiger partial charge on any atom is -0.356 e. The van der Waals surface area contributed by atoms with Crippen LogP contribution in [0.3, 0.4) is 0 Å². The molecule has 1 unspecified atom stereocenters. The van der Waals surface area contributed by atoms with Gasteiger partial charge in [-0.25, -0.2) is 0 Å². The van der Waals surface area contributed by atoms with Crippen LogP contribution >= 0.6 is 0 Å². The molecule has 0 aliphatic heterocycles. The summed E-state index contributed by atoms with van der Waals surface area (Å²) in [7, 11) is 0. The summed E-state index contributed by atoms with van der Waals surface area (Å²) in [6.07, 6.45) is 2.75. The second-order valence-corrected chi connectivity index (χ2v) is 5.00. The van der Waals surface area contributed by atoms with E-state index in [9.17, 15) is 4.79 Å². The van der Waals surface area contributed by atoms with Crippen molar-refractivity contribution in [1.82, 2.24) is 10.5 Å². The topological polar surface area (TPSA) is 55.1 Å². The summed E-state index contributed by atoms with van der Waals surface area (Å²) in [5.74, 6) is 0.691. The first-order chi connectivity index (χ1) is 8.74. The first kappa shape index (κ1) is 11.3. The number of benzene rings is 1. The van der Waals surface area contributed by atoms with E-state index in [4.69, 9.17) is 4.52 Å². The number of nitrogens with one attached hydrogen (secondary N) is 1. The van der Waals surface area contributed by atoms with Gasteiger partial charge < -0.3 is 9.84 Å². The molecule has 1 N–H and O–H groups in total. The van der Waals surface area contributed by atoms with Crippen LogP contribution < -0.4 is 5.32 Å². The quantitative estimate of drug-likeness (QED) is 0.897. The van der Waals surface area contributed by atoms with Crippen LogP contribution in [0.25, 0.3) is 11.0 Å². The Balaban J connectivity index is 1.69. The lowest BCUT2D eigenvalue weighted by Crippen LogP contribution is -2.35. The zero-order valence-corrected chi connectivity index (χ0v) is 10.3. The molecule has 4 heteroatoms. The van der Waals surface area contributed by atoms with Gasteiger partial charge in [-0.1, -0.05) is 17.3 Å². The highest BCUT2D eigenvalue weighted by atomic mass is 16.5. The molecular weight excluding hydrogens is 228 g/mol. The lowest BCUT2D eigenvalue weighted by Gasteiger charge is -2.11. The highest BCUT2D eigenvalue weighted by molar-refractivity contribution is 5.86. The normalized spacial score (nSPS) is 16.7. The number of aromatic nitrogens is 1. The number of amides is 1. The fourth-order valence-electron chi connectivity index (χ4n) is 2.24. The van der Waals surface area contributed by atoms with Crippen molar-refractivity contribution in [1.29, 1.82) is 0 Å². The van der Waals surface area contributed by atoms with Crippen LogP contribution in [-0.4, -0.2) is 17.1 Å². The number of fused-ring (bicyclic) bond motifs is 1.